The van der Waals surface area contributed by atoms with Crippen LogP contribution in [0.5, 0.6) is 0 Å². The third-order valence-electron chi connectivity index (χ3n) is 3.40. The number of carboxylic acids is 1. The second-order valence-electron chi connectivity index (χ2n) is 5.72. The highest BCUT2D eigenvalue weighted by Gasteiger charge is 2.84. The third kappa shape index (κ3) is 4.71. The molecular formula is C12H13F12NO2. The van der Waals surface area contributed by atoms with Crippen molar-refractivity contribution in [2.75, 3.05) is 14.1 Å². The van der Waals surface area contributed by atoms with Gasteiger partial charge >= 0.3 is 35.8 Å². The van der Waals surface area contributed by atoms with Crippen LogP contribution in [0.2, 0.25) is 0 Å². The molecular weight excluding hydrogens is 418 g/mol. The van der Waals surface area contributed by atoms with Crippen LogP contribution in [0.15, 0.2) is 0 Å². The molecule has 0 aliphatic carbocycles. The fourth-order valence-electron chi connectivity index (χ4n) is 1.96. The Balaban J connectivity index is 6.02. The fourth-order valence-corrected chi connectivity index (χ4v) is 1.96. The number of carbonyl (C=O) groups is 1. The van der Waals surface area contributed by atoms with Crippen molar-refractivity contribution in [1.29, 1.82) is 0 Å². The van der Waals surface area contributed by atoms with Crippen molar-refractivity contribution in [3.63, 3.8) is 0 Å². The smallest absolute Gasteiger partial charge is 0.389 e. The van der Waals surface area contributed by atoms with Gasteiger partial charge < -0.3 is 5.11 Å². The van der Waals surface area contributed by atoms with E-state index in [2.05, 4.69) is 0 Å². The van der Waals surface area contributed by atoms with E-state index in [0.29, 0.717) is 14.1 Å². The SMILES string of the molecule is CN(C)C(C(=O)O)C(F)(F)C(F)(F)C(F)(F)C(F)(F)C(F)CCC(F)(F)F. The summed E-state index contributed by atoms with van der Waals surface area (Å²) in [6.07, 6.45) is -14.7. The molecule has 0 heterocycles. The van der Waals surface area contributed by atoms with Gasteiger partial charge in [0.15, 0.2) is 12.2 Å². The molecule has 0 radical (unpaired) electrons. The number of hydrogen-bond acceptors (Lipinski definition) is 2. The van der Waals surface area contributed by atoms with Gasteiger partial charge in [-0.2, -0.15) is 48.3 Å². The monoisotopic (exact) mass is 431 g/mol. The van der Waals surface area contributed by atoms with Crippen LogP contribution in [0, 0.1) is 0 Å². The average Bonchev–Trinajstić information content (AvgIpc) is 2.41. The maximum atomic E-state index is 13.7. The van der Waals surface area contributed by atoms with E-state index in [-0.39, 0.29) is 4.90 Å². The molecule has 27 heavy (non-hydrogen) atoms. The minimum atomic E-state index is -7.22. The van der Waals surface area contributed by atoms with Crippen LogP contribution >= 0.6 is 0 Å². The highest BCUT2D eigenvalue weighted by atomic mass is 19.4. The molecule has 0 rings (SSSR count). The Bertz CT molecular complexity index is 531. The van der Waals surface area contributed by atoms with E-state index in [1.807, 2.05) is 0 Å². The molecule has 0 aromatic carbocycles. The molecule has 0 saturated heterocycles. The summed E-state index contributed by atoms with van der Waals surface area (Å²) in [4.78, 5) is 10.5. The van der Waals surface area contributed by atoms with Gasteiger partial charge in [-0.05, 0) is 20.5 Å². The second kappa shape index (κ2) is 7.54. The maximum absolute atomic E-state index is 13.7. The normalized spacial score (nSPS) is 17.1. The number of alkyl halides is 12. The summed E-state index contributed by atoms with van der Waals surface area (Å²) < 4.78 is 157. The molecule has 2 atom stereocenters. The second-order valence-corrected chi connectivity index (χ2v) is 5.72. The number of carboxylic acid groups (broad SMARTS) is 1. The van der Waals surface area contributed by atoms with E-state index in [1.54, 1.807) is 0 Å². The topological polar surface area (TPSA) is 40.5 Å². The van der Waals surface area contributed by atoms with Crippen LogP contribution < -0.4 is 0 Å². The number of aliphatic carboxylic acids is 1. The lowest BCUT2D eigenvalue weighted by Gasteiger charge is -2.40. The Morgan fingerprint density at radius 3 is 1.52 bits per heavy atom. The summed E-state index contributed by atoms with van der Waals surface area (Å²) in [5.41, 5.74) is 0. The molecule has 15 heteroatoms. The lowest BCUT2D eigenvalue weighted by Crippen LogP contribution is -2.70. The Kier molecular flexibility index (Phi) is 7.15. The molecule has 1 N–H and O–H groups in total. The molecule has 3 nitrogen and oxygen atoms in total. The van der Waals surface area contributed by atoms with Crippen molar-refractivity contribution in [2.24, 2.45) is 0 Å². The predicted octanol–water partition coefficient (Wildman–Crippen LogP) is 4.22. The van der Waals surface area contributed by atoms with E-state index >= 15 is 0 Å². The zero-order valence-corrected chi connectivity index (χ0v) is 13.4. The summed E-state index contributed by atoms with van der Waals surface area (Å²) in [7, 11) is 0.862. The quantitative estimate of drug-likeness (QED) is 0.556. The zero-order chi connectivity index (χ0) is 22.2. The van der Waals surface area contributed by atoms with E-state index in [9.17, 15) is 57.5 Å². The number of rotatable bonds is 9. The average molecular weight is 431 g/mol. The molecule has 0 aromatic heterocycles. The van der Waals surface area contributed by atoms with Crippen LogP contribution in [-0.2, 0) is 4.79 Å². The van der Waals surface area contributed by atoms with Gasteiger partial charge in [-0.3, -0.25) is 9.69 Å². The number of halogens is 12. The lowest BCUT2D eigenvalue weighted by atomic mass is 9.90. The highest BCUT2D eigenvalue weighted by Crippen LogP contribution is 2.56. The summed E-state index contributed by atoms with van der Waals surface area (Å²) in [6, 6.07) is -3.73. The van der Waals surface area contributed by atoms with Gasteiger partial charge in [-0.1, -0.05) is 0 Å². The van der Waals surface area contributed by atoms with Crippen molar-refractivity contribution in [3.8, 4) is 0 Å². The van der Waals surface area contributed by atoms with Crippen LogP contribution in [0.3, 0.4) is 0 Å². The van der Waals surface area contributed by atoms with Crippen molar-refractivity contribution in [2.45, 2.75) is 54.9 Å². The van der Waals surface area contributed by atoms with Gasteiger partial charge in [-0.15, -0.1) is 0 Å². The highest BCUT2D eigenvalue weighted by molar-refractivity contribution is 5.75. The van der Waals surface area contributed by atoms with Crippen molar-refractivity contribution < 1.29 is 62.6 Å². The summed E-state index contributed by atoms with van der Waals surface area (Å²) in [5.74, 6) is -30.2. The minimum absolute atomic E-state index is 0.193. The molecule has 162 valence electrons. The largest absolute Gasteiger partial charge is 0.480 e. The van der Waals surface area contributed by atoms with E-state index in [4.69, 9.17) is 5.11 Å². The van der Waals surface area contributed by atoms with Crippen LogP contribution in [0.4, 0.5) is 52.7 Å². The maximum Gasteiger partial charge on any atom is 0.389 e. The first-order valence-electron chi connectivity index (χ1n) is 6.76. The standard InChI is InChI=1S/C12H13F12NO2/c1-25(2)6(7(26)27)10(19,20)12(23,24)11(21,22)9(17,18)5(13)3-4-8(14,15)16/h5-6H,3-4H2,1-2H3,(H,26,27). The zero-order valence-electron chi connectivity index (χ0n) is 13.4. The molecule has 0 aliphatic rings. The number of hydrogen-bond donors (Lipinski definition) is 1. The minimum Gasteiger partial charge on any atom is -0.480 e. The first-order chi connectivity index (χ1) is 11.6. The molecule has 0 aliphatic heterocycles. The Morgan fingerprint density at radius 2 is 1.22 bits per heavy atom. The van der Waals surface area contributed by atoms with Crippen LogP contribution in [0.25, 0.3) is 0 Å². The lowest BCUT2D eigenvalue weighted by molar-refractivity contribution is -0.381. The summed E-state index contributed by atoms with van der Waals surface area (Å²) in [6.45, 7) is 0. The Morgan fingerprint density at radius 1 is 0.852 bits per heavy atom. The molecule has 0 amide bonds. The number of nitrogens with zero attached hydrogens (tertiary/aromatic N) is 1. The molecule has 0 fully saturated rings. The first-order valence-corrected chi connectivity index (χ1v) is 6.76. The Labute approximate surface area is 143 Å². The predicted molar refractivity (Wildman–Crippen MR) is 65.1 cm³/mol. The fraction of sp³-hybridized carbons (Fsp3) is 0.917. The molecule has 0 aromatic rings. The summed E-state index contributed by atoms with van der Waals surface area (Å²) >= 11 is 0. The molecule has 0 spiro atoms. The Hall–Kier alpha value is -1.41. The summed E-state index contributed by atoms with van der Waals surface area (Å²) in [5, 5.41) is 8.51. The van der Waals surface area contributed by atoms with E-state index < -0.39 is 60.9 Å². The van der Waals surface area contributed by atoms with Crippen LogP contribution in [0.1, 0.15) is 12.8 Å². The van der Waals surface area contributed by atoms with Crippen molar-refractivity contribution >= 4 is 5.97 Å². The van der Waals surface area contributed by atoms with Crippen molar-refractivity contribution in [1.82, 2.24) is 4.90 Å². The van der Waals surface area contributed by atoms with Gasteiger partial charge in [-0.25, -0.2) is 4.39 Å². The molecule has 0 saturated carbocycles. The van der Waals surface area contributed by atoms with Crippen LogP contribution in [-0.4, -0.2) is 72.2 Å². The molecule has 2 unspecified atom stereocenters. The van der Waals surface area contributed by atoms with Gasteiger partial charge in [0.2, 0.25) is 0 Å². The number of likely N-dealkylation sites (N-methyl/N-ethyl adjacent to an activating group) is 1. The van der Waals surface area contributed by atoms with Gasteiger partial charge in [0.25, 0.3) is 0 Å². The van der Waals surface area contributed by atoms with Gasteiger partial charge in [0.05, 0.1) is 0 Å². The van der Waals surface area contributed by atoms with Gasteiger partial charge in [0.1, 0.15) is 0 Å². The van der Waals surface area contributed by atoms with Gasteiger partial charge in [0, 0.05) is 6.42 Å². The van der Waals surface area contributed by atoms with E-state index in [1.165, 1.54) is 0 Å². The first kappa shape index (κ1) is 25.6. The third-order valence-corrected chi connectivity index (χ3v) is 3.40. The van der Waals surface area contributed by atoms with Crippen molar-refractivity contribution in [3.05, 3.63) is 0 Å². The van der Waals surface area contributed by atoms with E-state index in [0.717, 1.165) is 0 Å². The molecule has 0 bridgehead atoms.